The Morgan fingerprint density at radius 1 is 1.28 bits per heavy atom. The fraction of sp³-hybridized carbons (Fsp3) is 0.538. The van der Waals surface area contributed by atoms with E-state index in [1.807, 2.05) is 6.07 Å². The van der Waals surface area contributed by atoms with Gasteiger partial charge in [0.05, 0.1) is 10.2 Å². The molecule has 5 heteroatoms. The predicted molar refractivity (Wildman–Crippen MR) is 77.6 cm³/mol. The van der Waals surface area contributed by atoms with Crippen LogP contribution in [0, 0.1) is 11.8 Å². The third kappa shape index (κ3) is 2.19. The second-order valence-corrected chi connectivity index (χ2v) is 6.56. The summed E-state index contributed by atoms with van der Waals surface area (Å²) < 4.78 is 1.15. The molecule has 2 atom stereocenters. The molecule has 18 heavy (non-hydrogen) atoms. The number of nitrogens with zero attached hydrogens (tertiary/aromatic N) is 3. The molecule has 0 spiro atoms. The Bertz CT molecular complexity index is 558. The van der Waals surface area contributed by atoms with Gasteiger partial charge in [0.1, 0.15) is 0 Å². The van der Waals surface area contributed by atoms with Crippen molar-refractivity contribution in [3.05, 3.63) is 16.7 Å². The van der Waals surface area contributed by atoms with Crippen LogP contribution in [0.1, 0.15) is 20.3 Å². The van der Waals surface area contributed by atoms with Gasteiger partial charge in [-0.25, -0.2) is 4.98 Å². The molecular formula is C13H16ClN3S. The van der Waals surface area contributed by atoms with E-state index in [0.717, 1.165) is 29.1 Å². The van der Waals surface area contributed by atoms with Crippen molar-refractivity contribution in [2.45, 2.75) is 20.3 Å². The lowest BCUT2D eigenvalue weighted by molar-refractivity contribution is 0.356. The van der Waals surface area contributed by atoms with Crippen molar-refractivity contribution >= 4 is 39.0 Å². The second kappa shape index (κ2) is 4.67. The molecule has 0 aromatic carbocycles. The molecule has 1 saturated heterocycles. The highest BCUT2D eigenvalue weighted by molar-refractivity contribution is 7.17. The van der Waals surface area contributed by atoms with Gasteiger partial charge in [-0.1, -0.05) is 13.8 Å². The van der Waals surface area contributed by atoms with E-state index in [0.29, 0.717) is 17.1 Å². The molecule has 0 saturated carbocycles. The first kappa shape index (κ1) is 12.2. The summed E-state index contributed by atoms with van der Waals surface area (Å²) in [4.78, 5) is 11.1. The summed E-state index contributed by atoms with van der Waals surface area (Å²) in [5.74, 6) is 2.42. The van der Waals surface area contributed by atoms with E-state index in [4.69, 9.17) is 11.6 Å². The van der Waals surface area contributed by atoms with Gasteiger partial charge in [0, 0.05) is 13.1 Å². The largest absolute Gasteiger partial charge is 0.355 e. The smallest absolute Gasteiger partial charge is 0.224 e. The first-order valence-corrected chi connectivity index (χ1v) is 7.55. The van der Waals surface area contributed by atoms with Crippen LogP contribution in [-0.4, -0.2) is 23.1 Å². The van der Waals surface area contributed by atoms with Gasteiger partial charge >= 0.3 is 0 Å². The Morgan fingerprint density at radius 2 is 2.00 bits per heavy atom. The van der Waals surface area contributed by atoms with Crippen LogP contribution in [0.5, 0.6) is 0 Å². The number of anilines is 1. The van der Waals surface area contributed by atoms with Crippen molar-refractivity contribution in [1.82, 2.24) is 9.97 Å². The number of piperidine rings is 1. The fourth-order valence-corrected chi connectivity index (χ4v) is 3.89. The number of hydrogen-bond donors (Lipinski definition) is 0. The van der Waals surface area contributed by atoms with E-state index in [9.17, 15) is 0 Å². The maximum absolute atomic E-state index is 6.03. The van der Waals surface area contributed by atoms with Crippen LogP contribution in [0.4, 0.5) is 5.82 Å². The maximum Gasteiger partial charge on any atom is 0.224 e. The molecule has 0 amide bonds. The average Bonchev–Trinajstić information content (AvgIpc) is 2.74. The van der Waals surface area contributed by atoms with E-state index in [2.05, 4.69) is 34.1 Å². The van der Waals surface area contributed by atoms with Crippen LogP contribution in [0.2, 0.25) is 5.28 Å². The molecule has 2 aromatic rings. The topological polar surface area (TPSA) is 29.0 Å². The molecule has 0 aliphatic carbocycles. The van der Waals surface area contributed by atoms with Crippen molar-refractivity contribution < 1.29 is 0 Å². The van der Waals surface area contributed by atoms with E-state index >= 15 is 0 Å². The summed E-state index contributed by atoms with van der Waals surface area (Å²) in [5, 5.41) is 2.40. The van der Waals surface area contributed by atoms with E-state index in [-0.39, 0.29) is 0 Å². The van der Waals surface area contributed by atoms with Crippen molar-refractivity contribution in [2.75, 3.05) is 18.0 Å². The first-order valence-electron chi connectivity index (χ1n) is 6.29. The third-order valence-electron chi connectivity index (χ3n) is 3.43. The average molecular weight is 282 g/mol. The standard InChI is InChI=1S/C13H16ClN3S/c1-8-5-9(2)7-17(6-8)12-11-10(3-4-18-11)15-13(14)16-12/h3-4,8-9H,5-7H2,1-2H3. The minimum Gasteiger partial charge on any atom is -0.355 e. The molecule has 3 rings (SSSR count). The molecule has 0 N–H and O–H groups in total. The van der Waals surface area contributed by atoms with Gasteiger partial charge in [0.2, 0.25) is 5.28 Å². The minimum absolute atomic E-state index is 0.349. The Hall–Kier alpha value is -0.870. The highest BCUT2D eigenvalue weighted by Gasteiger charge is 2.25. The Kier molecular flexibility index (Phi) is 3.16. The van der Waals surface area contributed by atoms with Gasteiger partial charge in [-0.05, 0) is 41.3 Å². The van der Waals surface area contributed by atoms with Crippen LogP contribution in [0.25, 0.3) is 10.2 Å². The van der Waals surface area contributed by atoms with E-state index < -0.39 is 0 Å². The highest BCUT2D eigenvalue weighted by atomic mass is 35.5. The lowest BCUT2D eigenvalue weighted by Gasteiger charge is -2.35. The molecule has 0 radical (unpaired) electrons. The number of fused-ring (bicyclic) bond motifs is 1. The van der Waals surface area contributed by atoms with Crippen LogP contribution in [0.3, 0.4) is 0 Å². The molecule has 2 aromatic heterocycles. The number of halogens is 1. The summed E-state index contributed by atoms with van der Waals surface area (Å²) >= 11 is 7.72. The lowest BCUT2D eigenvalue weighted by atomic mass is 9.92. The molecule has 0 bridgehead atoms. The van der Waals surface area contributed by atoms with Crippen molar-refractivity contribution in [2.24, 2.45) is 11.8 Å². The molecule has 1 aliphatic rings. The first-order chi connectivity index (χ1) is 8.63. The molecule has 96 valence electrons. The highest BCUT2D eigenvalue weighted by Crippen LogP contribution is 2.33. The van der Waals surface area contributed by atoms with Crippen molar-refractivity contribution in [3.8, 4) is 0 Å². The Morgan fingerprint density at radius 3 is 2.72 bits per heavy atom. The Balaban J connectivity index is 2.05. The van der Waals surface area contributed by atoms with Crippen LogP contribution >= 0.6 is 22.9 Å². The monoisotopic (exact) mass is 281 g/mol. The number of thiophene rings is 1. The van der Waals surface area contributed by atoms with E-state index in [1.165, 1.54) is 6.42 Å². The zero-order valence-corrected chi connectivity index (χ0v) is 12.1. The number of hydrogen-bond acceptors (Lipinski definition) is 4. The number of rotatable bonds is 1. The van der Waals surface area contributed by atoms with Gasteiger partial charge in [-0.2, -0.15) is 4.98 Å². The zero-order valence-electron chi connectivity index (χ0n) is 10.6. The van der Waals surface area contributed by atoms with Crippen molar-refractivity contribution in [3.63, 3.8) is 0 Å². The summed E-state index contributed by atoms with van der Waals surface area (Å²) in [6.45, 7) is 6.73. The van der Waals surface area contributed by atoms with E-state index in [1.54, 1.807) is 11.3 Å². The second-order valence-electron chi connectivity index (χ2n) is 5.30. The quantitative estimate of drug-likeness (QED) is 0.744. The summed E-state index contributed by atoms with van der Waals surface area (Å²) in [6, 6.07) is 2.01. The van der Waals surface area contributed by atoms with Crippen LogP contribution in [0.15, 0.2) is 11.4 Å². The van der Waals surface area contributed by atoms with Gasteiger partial charge < -0.3 is 4.90 Å². The van der Waals surface area contributed by atoms with Crippen LogP contribution in [-0.2, 0) is 0 Å². The molecule has 2 unspecified atom stereocenters. The maximum atomic E-state index is 6.03. The van der Waals surface area contributed by atoms with Gasteiger partial charge in [-0.3, -0.25) is 0 Å². The molecule has 3 heterocycles. The minimum atomic E-state index is 0.349. The molecule has 1 aliphatic heterocycles. The van der Waals surface area contributed by atoms with Crippen LogP contribution < -0.4 is 4.90 Å². The number of aromatic nitrogens is 2. The third-order valence-corrected chi connectivity index (χ3v) is 4.50. The van der Waals surface area contributed by atoms with Gasteiger partial charge in [0.25, 0.3) is 0 Å². The molecular weight excluding hydrogens is 266 g/mol. The predicted octanol–water partition coefficient (Wildman–Crippen LogP) is 3.83. The summed E-state index contributed by atoms with van der Waals surface area (Å²) in [5.41, 5.74) is 0.959. The summed E-state index contributed by atoms with van der Waals surface area (Å²) in [6.07, 6.45) is 1.29. The van der Waals surface area contributed by atoms with Gasteiger partial charge in [0.15, 0.2) is 5.82 Å². The van der Waals surface area contributed by atoms with Gasteiger partial charge in [-0.15, -0.1) is 11.3 Å². The molecule has 1 fully saturated rings. The Labute approximate surface area is 116 Å². The normalized spacial score (nSPS) is 24.7. The summed E-state index contributed by atoms with van der Waals surface area (Å²) in [7, 11) is 0. The zero-order chi connectivity index (χ0) is 12.7. The molecule has 3 nitrogen and oxygen atoms in total. The fourth-order valence-electron chi connectivity index (χ4n) is 2.87. The lowest BCUT2D eigenvalue weighted by Crippen LogP contribution is -2.39. The SMILES string of the molecule is CC1CC(C)CN(c2nc(Cl)nc3ccsc23)C1. The van der Waals surface area contributed by atoms with Crippen molar-refractivity contribution in [1.29, 1.82) is 0 Å².